The Morgan fingerprint density at radius 1 is 1.18 bits per heavy atom. The fourth-order valence-corrected chi connectivity index (χ4v) is 1.71. The summed E-state index contributed by atoms with van der Waals surface area (Å²) < 4.78 is 5.11. The Morgan fingerprint density at radius 2 is 1.94 bits per heavy atom. The minimum Gasteiger partial charge on any atom is -0.497 e. The maximum Gasteiger partial charge on any atom is 0.118 e. The van der Waals surface area contributed by atoms with E-state index in [1.54, 1.807) is 13.3 Å². The normalized spacial score (nSPS) is 12.1. The van der Waals surface area contributed by atoms with E-state index in [0.29, 0.717) is 0 Å². The van der Waals surface area contributed by atoms with Crippen LogP contribution < -0.4 is 10.5 Å². The average molecular weight is 228 g/mol. The van der Waals surface area contributed by atoms with Crippen molar-refractivity contribution in [2.75, 3.05) is 7.11 Å². The highest BCUT2D eigenvalue weighted by molar-refractivity contribution is 5.29. The molecule has 0 spiro atoms. The van der Waals surface area contributed by atoms with Crippen molar-refractivity contribution >= 4 is 0 Å². The predicted octanol–water partition coefficient (Wildman–Crippen LogP) is 2.33. The summed E-state index contributed by atoms with van der Waals surface area (Å²) in [5, 5.41) is 0. The Morgan fingerprint density at radius 3 is 2.53 bits per heavy atom. The second-order valence-electron chi connectivity index (χ2n) is 3.90. The molecule has 0 fully saturated rings. The van der Waals surface area contributed by atoms with Crippen LogP contribution in [-0.4, -0.2) is 12.1 Å². The molecule has 0 aliphatic carbocycles. The van der Waals surface area contributed by atoms with E-state index in [2.05, 4.69) is 4.98 Å². The van der Waals surface area contributed by atoms with E-state index in [0.717, 1.165) is 23.4 Å². The first-order valence-corrected chi connectivity index (χ1v) is 5.59. The number of hydrogen-bond donors (Lipinski definition) is 1. The molecule has 1 heterocycles. The summed E-state index contributed by atoms with van der Waals surface area (Å²) in [5.41, 5.74) is 8.24. The fraction of sp³-hybridized carbons (Fsp3) is 0.214. The first-order chi connectivity index (χ1) is 8.29. The first kappa shape index (κ1) is 11.6. The van der Waals surface area contributed by atoms with E-state index < -0.39 is 0 Å². The van der Waals surface area contributed by atoms with E-state index in [1.165, 1.54) is 0 Å². The third-order valence-corrected chi connectivity index (χ3v) is 2.70. The van der Waals surface area contributed by atoms with Crippen molar-refractivity contribution in [3.8, 4) is 5.75 Å². The molecule has 0 saturated carbocycles. The monoisotopic (exact) mass is 228 g/mol. The van der Waals surface area contributed by atoms with Crippen LogP contribution in [0.25, 0.3) is 0 Å². The molecule has 1 atom stereocenters. The second kappa shape index (κ2) is 5.46. The van der Waals surface area contributed by atoms with Gasteiger partial charge in [-0.15, -0.1) is 0 Å². The van der Waals surface area contributed by atoms with Crippen LogP contribution in [0.5, 0.6) is 5.75 Å². The lowest BCUT2D eigenvalue weighted by Crippen LogP contribution is -2.13. The van der Waals surface area contributed by atoms with Crippen LogP contribution in [0, 0.1) is 0 Å². The Labute approximate surface area is 101 Å². The van der Waals surface area contributed by atoms with Gasteiger partial charge in [0.15, 0.2) is 0 Å². The van der Waals surface area contributed by atoms with E-state index in [1.807, 2.05) is 42.5 Å². The number of nitrogens with zero attached hydrogens (tertiary/aromatic N) is 1. The van der Waals surface area contributed by atoms with Crippen LogP contribution in [0.4, 0.5) is 0 Å². The number of benzene rings is 1. The average Bonchev–Trinajstić information content (AvgIpc) is 2.40. The molecule has 0 amide bonds. The maximum atomic E-state index is 6.14. The van der Waals surface area contributed by atoms with Gasteiger partial charge in [-0.25, -0.2) is 0 Å². The van der Waals surface area contributed by atoms with Crippen LogP contribution in [0.1, 0.15) is 17.3 Å². The molecular weight excluding hydrogens is 212 g/mol. The van der Waals surface area contributed by atoms with Crippen LogP contribution >= 0.6 is 0 Å². The van der Waals surface area contributed by atoms with Gasteiger partial charge in [0.25, 0.3) is 0 Å². The van der Waals surface area contributed by atoms with Crippen molar-refractivity contribution in [3.63, 3.8) is 0 Å². The van der Waals surface area contributed by atoms with E-state index >= 15 is 0 Å². The molecule has 1 unspecified atom stereocenters. The maximum absolute atomic E-state index is 6.14. The number of ether oxygens (including phenoxy) is 1. The molecule has 0 aliphatic rings. The van der Waals surface area contributed by atoms with Crippen molar-refractivity contribution in [3.05, 3.63) is 59.9 Å². The van der Waals surface area contributed by atoms with Gasteiger partial charge in [-0.1, -0.05) is 18.2 Å². The van der Waals surface area contributed by atoms with Crippen LogP contribution in [0.2, 0.25) is 0 Å². The molecule has 17 heavy (non-hydrogen) atoms. The predicted molar refractivity (Wildman–Crippen MR) is 67.9 cm³/mol. The summed E-state index contributed by atoms with van der Waals surface area (Å²) in [5.74, 6) is 0.846. The molecule has 0 radical (unpaired) electrons. The largest absolute Gasteiger partial charge is 0.497 e. The third kappa shape index (κ3) is 3.04. The number of rotatable bonds is 4. The summed E-state index contributed by atoms with van der Waals surface area (Å²) in [6.45, 7) is 0. The van der Waals surface area contributed by atoms with Crippen molar-refractivity contribution in [1.29, 1.82) is 0 Å². The minimum absolute atomic E-state index is 0.0317. The number of nitrogens with two attached hydrogens (primary N) is 1. The highest BCUT2D eigenvalue weighted by atomic mass is 16.5. The molecule has 0 aliphatic heterocycles. The number of hydrogen-bond acceptors (Lipinski definition) is 3. The lowest BCUT2D eigenvalue weighted by molar-refractivity contribution is 0.414. The van der Waals surface area contributed by atoms with Crippen molar-refractivity contribution in [1.82, 2.24) is 4.98 Å². The quantitative estimate of drug-likeness (QED) is 0.873. The molecule has 2 N–H and O–H groups in total. The van der Waals surface area contributed by atoms with Gasteiger partial charge in [0.1, 0.15) is 5.75 Å². The van der Waals surface area contributed by atoms with Crippen molar-refractivity contribution < 1.29 is 4.74 Å². The Balaban J connectivity index is 2.06. The van der Waals surface area contributed by atoms with Gasteiger partial charge in [-0.3, -0.25) is 4.98 Å². The van der Waals surface area contributed by atoms with Crippen LogP contribution in [0.15, 0.2) is 48.7 Å². The second-order valence-corrected chi connectivity index (χ2v) is 3.90. The van der Waals surface area contributed by atoms with Gasteiger partial charge in [-0.05, 0) is 29.8 Å². The standard InChI is InChI=1S/C14H16N2O/c1-17-13-7-5-11(6-8-13)14(15)10-12-4-2-3-9-16-12/h2-9,14H,10,15H2,1H3. The molecule has 88 valence electrons. The first-order valence-electron chi connectivity index (χ1n) is 5.59. The van der Waals surface area contributed by atoms with Gasteiger partial charge in [0.05, 0.1) is 7.11 Å². The minimum atomic E-state index is -0.0317. The van der Waals surface area contributed by atoms with Gasteiger partial charge < -0.3 is 10.5 Å². The lowest BCUT2D eigenvalue weighted by Gasteiger charge is -2.12. The van der Waals surface area contributed by atoms with Gasteiger partial charge >= 0.3 is 0 Å². The van der Waals surface area contributed by atoms with E-state index in [4.69, 9.17) is 10.5 Å². The Hall–Kier alpha value is -1.87. The topological polar surface area (TPSA) is 48.1 Å². The number of methoxy groups -OCH3 is 1. The summed E-state index contributed by atoms with van der Waals surface area (Å²) in [7, 11) is 1.66. The third-order valence-electron chi connectivity index (χ3n) is 2.70. The summed E-state index contributed by atoms with van der Waals surface area (Å²) in [6, 6.07) is 13.7. The van der Waals surface area contributed by atoms with E-state index in [9.17, 15) is 0 Å². The lowest BCUT2D eigenvalue weighted by atomic mass is 10.0. The molecule has 0 bridgehead atoms. The molecule has 1 aromatic carbocycles. The highest BCUT2D eigenvalue weighted by Gasteiger charge is 2.07. The SMILES string of the molecule is COc1ccc(C(N)Cc2ccccn2)cc1. The van der Waals surface area contributed by atoms with Gasteiger partial charge in [0.2, 0.25) is 0 Å². The summed E-state index contributed by atoms with van der Waals surface area (Å²) >= 11 is 0. The van der Waals surface area contributed by atoms with Crippen molar-refractivity contribution in [2.45, 2.75) is 12.5 Å². The van der Waals surface area contributed by atoms with Crippen LogP contribution in [0.3, 0.4) is 0 Å². The van der Waals surface area contributed by atoms with Gasteiger partial charge in [-0.2, -0.15) is 0 Å². The van der Waals surface area contributed by atoms with Gasteiger partial charge in [0, 0.05) is 24.4 Å². The Bertz CT molecular complexity index is 453. The fourth-order valence-electron chi connectivity index (χ4n) is 1.71. The molecule has 2 rings (SSSR count). The Kier molecular flexibility index (Phi) is 3.73. The zero-order valence-corrected chi connectivity index (χ0v) is 9.84. The molecule has 1 aromatic heterocycles. The molecule has 3 nitrogen and oxygen atoms in total. The molecular formula is C14H16N2O. The summed E-state index contributed by atoms with van der Waals surface area (Å²) in [6.07, 6.45) is 2.53. The zero-order chi connectivity index (χ0) is 12.1. The van der Waals surface area contributed by atoms with Crippen LogP contribution in [-0.2, 0) is 6.42 Å². The number of aromatic nitrogens is 1. The molecule has 3 heteroatoms. The van der Waals surface area contributed by atoms with E-state index in [-0.39, 0.29) is 6.04 Å². The molecule has 2 aromatic rings. The number of pyridine rings is 1. The highest BCUT2D eigenvalue weighted by Crippen LogP contribution is 2.18. The smallest absolute Gasteiger partial charge is 0.118 e. The zero-order valence-electron chi connectivity index (χ0n) is 9.84. The summed E-state index contributed by atoms with van der Waals surface area (Å²) in [4.78, 5) is 4.27. The molecule has 0 saturated heterocycles. The van der Waals surface area contributed by atoms with Crippen molar-refractivity contribution in [2.24, 2.45) is 5.73 Å².